The molecule has 1 fully saturated rings. The lowest BCUT2D eigenvalue weighted by atomic mass is 10.1. The van der Waals surface area contributed by atoms with Gasteiger partial charge in [-0.25, -0.2) is 0 Å². The zero-order valence-electron chi connectivity index (χ0n) is 14.2. The minimum atomic E-state index is -4.60. The molecular formula is C19H16ClF3N2O2. The molecule has 0 aliphatic carbocycles. The van der Waals surface area contributed by atoms with E-state index in [1.54, 1.807) is 29.2 Å². The Bertz CT molecular complexity index is 862. The van der Waals surface area contributed by atoms with Gasteiger partial charge in [0.2, 0.25) is 0 Å². The van der Waals surface area contributed by atoms with Crippen LogP contribution in [0.5, 0.6) is 0 Å². The first kappa shape index (κ1) is 19.2. The molecule has 8 heteroatoms. The van der Waals surface area contributed by atoms with E-state index in [0.717, 1.165) is 6.07 Å². The van der Waals surface area contributed by atoms with E-state index in [0.29, 0.717) is 10.6 Å². The number of nitrogens with zero attached hydrogens (tertiary/aromatic N) is 2. The summed E-state index contributed by atoms with van der Waals surface area (Å²) in [6, 6.07) is 11.3. The third-order valence-corrected chi connectivity index (χ3v) is 4.62. The molecule has 2 aromatic carbocycles. The molecule has 1 saturated heterocycles. The lowest BCUT2D eigenvalue weighted by Crippen LogP contribution is -2.50. The zero-order chi connectivity index (χ0) is 19.6. The Balaban J connectivity index is 1.69. The number of carbonyl (C=O) groups excluding carboxylic acids is 2. The van der Waals surface area contributed by atoms with Crippen LogP contribution < -0.4 is 0 Å². The Kier molecular flexibility index (Phi) is 5.41. The van der Waals surface area contributed by atoms with Gasteiger partial charge in [-0.1, -0.05) is 29.8 Å². The maximum atomic E-state index is 13.1. The monoisotopic (exact) mass is 396 g/mol. The van der Waals surface area contributed by atoms with Gasteiger partial charge in [0.1, 0.15) is 0 Å². The summed E-state index contributed by atoms with van der Waals surface area (Å²) >= 11 is 5.90. The van der Waals surface area contributed by atoms with Gasteiger partial charge in [-0.3, -0.25) is 9.59 Å². The standard InChI is InChI=1S/C19H16ClF3N2O2/c20-14-5-3-4-13(12-14)17(26)24-8-10-25(11-9-24)18(27)15-6-1-2-7-16(15)19(21,22)23/h1-7,12H,8-11H2. The molecule has 1 heterocycles. The first-order chi connectivity index (χ1) is 12.8. The number of piperazine rings is 1. The summed E-state index contributed by atoms with van der Waals surface area (Å²) in [7, 11) is 0. The van der Waals surface area contributed by atoms with Crippen molar-refractivity contribution >= 4 is 23.4 Å². The Morgan fingerprint density at radius 3 is 2.04 bits per heavy atom. The van der Waals surface area contributed by atoms with Gasteiger partial charge in [0.05, 0.1) is 11.1 Å². The summed E-state index contributed by atoms with van der Waals surface area (Å²) in [5, 5.41) is 0.443. The molecule has 0 atom stereocenters. The number of amides is 2. The van der Waals surface area contributed by atoms with Crippen LogP contribution in [0, 0.1) is 0 Å². The number of halogens is 4. The van der Waals surface area contributed by atoms with E-state index in [4.69, 9.17) is 11.6 Å². The third-order valence-electron chi connectivity index (χ3n) is 4.39. The molecule has 142 valence electrons. The minimum absolute atomic E-state index is 0.164. The lowest BCUT2D eigenvalue weighted by molar-refractivity contribution is -0.138. The fourth-order valence-electron chi connectivity index (χ4n) is 3.00. The van der Waals surface area contributed by atoms with Crippen molar-refractivity contribution in [3.8, 4) is 0 Å². The fraction of sp³-hybridized carbons (Fsp3) is 0.263. The Morgan fingerprint density at radius 2 is 1.44 bits per heavy atom. The van der Waals surface area contributed by atoms with Crippen molar-refractivity contribution in [3.05, 3.63) is 70.2 Å². The number of hydrogen-bond donors (Lipinski definition) is 0. The van der Waals surface area contributed by atoms with E-state index in [9.17, 15) is 22.8 Å². The fourth-order valence-corrected chi connectivity index (χ4v) is 3.19. The van der Waals surface area contributed by atoms with Gasteiger partial charge in [0.15, 0.2) is 0 Å². The van der Waals surface area contributed by atoms with Gasteiger partial charge in [-0.05, 0) is 30.3 Å². The van der Waals surface area contributed by atoms with Gasteiger partial charge >= 0.3 is 6.18 Å². The molecule has 0 N–H and O–H groups in total. The topological polar surface area (TPSA) is 40.6 Å². The van der Waals surface area contributed by atoms with Crippen LogP contribution in [0.25, 0.3) is 0 Å². The van der Waals surface area contributed by atoms with Crippen molar-refractivity contribution in [2.45, 2.75) is 6.18 Å². The summed E-state index contributed by atoms with van der Waals surface area (Å²) in [5.41, 5.74) is -0.892. The maximum Gasteiger partial charge on any atom is 0.417 e. The maximum absolute atomic E-state index is 13.1. The van der Waals surface area contributed by atoms with Crippen molar-refractivity contribution in [1.82, 2.24) is 9.80 Å². The average molecular weight is 397 g/mol. The number of alkyl halides is 3. The molecule has 3 rings (SSSR count). The second-order valence-electron chi connectivity index (χ2n) is 6.14. The molecule has 1 aliphatic rings. The molecule has 0 bridgehead atoms. The first-order valence-corrected chi connectivity index (χ1v) is 8.65. The molecule has 27 heavy (non-hydrogen) atoms. The van der Waals surface area contributed by atoms with Crippen molar-refractivity contribution < 1.29 is 22.8 Å². The molecule has 0 saturated carbocycles. The van der Waals surface area contributed by atoms with Gasteiger partial charge in [0.25, 0.3) is 11.8 Å². The van der Waals surface area contributed by atoms with Gasteiger partial charge in [-0.15, -0.1) is 0 Å². The van der Waals surface area contributed by atoms with Crippen LogP contribution in [0.3, 0.4) is 0 Å². The average Bonchev–Trinajstić information content (AvgIpc) is 2.66. The van der Waals surface area contributed by atoms with Crippen molar-refractivity contribution in [2.24, 2.45) is 0 Å². The number of carbonyl (C=O) groups is 2. The molecule has 1 aliphatic heterocycles. The van der Waals surface area contributed by atoms with Crippen molar-refractivity contribution in [2.75, 3.05) is 26.2 Å². The quantitative estimate of drug-likeness (QED) is 0.771. The van der Waals surface area contributed by atoms with E-state index < -0.39 is 17.6 Å². The van der Waals surface area contributed by atoms with Crippen LogP contribution in [-0.2, 0) is 6.18 Å². The molecule has 0 unspecified atom stereocenters. The van der Waals surface area contributed by atoms with E-state index >= 15 is 0 Å². The largest absolute Gasteiger partial charge is 0.417 e. The number of rotatable bonds is 2. The number of benzene rings is 2. The van der Waals surface area contributed by atoms with Crippen LogP contribution >= 0.6 is 11.6 Å². The SMILES string of the molecule is O=C(c1cccc(Cl)c1)N1CCN(C(=O)c2ccccc2C(F)(F)F)CC1. The molecule has 2 aromatic rings. The van der Waals surface area contributed by atoms with Gasteiger partial charge < -0.3 is 9.80 Å². The third kappa shape index (κ3) is 4.24. The molecular weight excluding hydrogens is 381 g/mol. The van der Waals surface area contributed by atoms with E-state index in [1.807, 2.05) is 0 Å². The summed E-state index contributed by atoms with van der Waals surface area (Å²) in [6.07, 6.45) is -4.60. The zero-order valence-corrected chi connectivity index (χ0v) is 14.9. The van der Waals surface area contributed by atoms with Crippen LogP contribution in [0.2, 0.25) is 5.02 Å². The summed E-state index contributed by atoms with van der Waals surface area (Å²) in [4.78, 5) is 28.0. The van der Waals surface area contributed by atoms with Gasteiger partial charge in [-0.2, -0.15) is 13.2 Å². The second-order valence-corrected chi connectivity index (χ2v) is 6.57. The van der Waals surface area contributed by atoms with Crippen molar-refractivity contribution in [3.63, 3.8) is 0 Å². The highest BCUT2D eigenvalue weighted by molar-refractivity contribution is 6.30. The van der Waals surface area contributed by atoms with E-state index in [2.05, 4.69) is 0 Å². The summed E-state index contributed by atoms with van der Waals surface area (Å²) < 4.78 is 39.4. The molecule has 4 nitrogen and oxygen atoms in total. The highest BCUT2D eigenvalue weighted by Crippen LogP contribution is 2.32. The summed E-state index contributed by atoms with van der Waals surface area (Å²) in [5.74, 6) is -0.905. The molecule has 0 spiro atoms. The van der Waals surface area contributed by atoms with Crippen LogP contribution in [-0.4, -0.2) is 47.8 Å². The Morgan fingerprint density at radius 1 is 0.852 bits per heavy atom. The van der Waals surface area contributed by atoms with E-state index in [1.165, 1.54) is 23.1 Å². The van der Waals surface area contributed by atoms with E-state index in [-0.39, 0.29) is 37.6 Å². The highest BCUT2D eigenvalue weighted by atomic mass is 35.5. The minimum Gasteiger partial charge on any atom is -0.335 e. The lowest BCUT2D eigenvalue weighted by Gasteiger charge is -2.35. The van der Waals surface area contributed by atoms with Crippen LogP contribution in [0.15, 0.2) is 48.5 Å². The Labute approximate surface area is 159 Å². The number of hydrogen-bond acceptors (Lipinski definition) is 2. The van der Waals surface area contributed by atoms with Crippen LogP contribution in [0.1, 0.15) is 26.3 Å². The van der Waals surface area contributed by atoms with Crippen LogP contribution in [0.4, 0.5) is 13.2 Å². The second kappa shape index (κ2) is 7.60. The molecule has 2 amide bonds. The molecule has 0 aromatic heterocycles. The first-order valence-electron chi connectivity index (χ1n) is 8.28. The Hall–Kier alpha value is -2.54. The predicted molar refractivity (Wildman–Crippen MR) is 94.7 cm³/mol. The predicted octanol–water partition coefficient (Wildman–Crippen LogP) is 3.96. The smallest absolute Gasteiger partial charge is 0.335 e. The highest BCUT2D eigenvalue weighted by Gasteiger charge is 2.36. The molecule has 0 radical (unpaired) electrons. The normalized spacial score (nSPS) is 15.0. The van der Waals surface area contributed by atoms with Gasteiger partial charge in [0, 0.05) is 36.8 Å². The van der Waals surface area contributed by atoms with Crippen molar-refractivity contribution in [1.29, 1.82) is 0 Å². The summed E-state index contributed by atoms with van der Waals surface area (Å²) in [6.45, 7) is 0.811.